The number of nitrogens with zero attached hydrogens (tertiary/aromatic N) is 2. The number of unbranched alkanes of at least 4 members (excludes halogenated alkanes) is 1. The second-order valence-corrected chi connectivity index (χ2v) is 12.0. The number of rotatable bonds is 11. The fourth-order valence-electron chi connectivity index (χ4n) is 4.73. The highest BCUT2D eigenvalue weighted by atomic mass is 32.2. The fourth-order valence-corrected chi connectivity index (χ4v) is 5.29. The molecule has 0 saturated carbocycles. The lowest BCUT2D eigenvalue weighted by molar-refractivity contribution is 0.188. The number of ether oxygens (including phenoxy) is 1. The van der Waals surface area contributed by atoms with Gasteiger partial charge < -0.3 is 10.1 Å². The largest absolute Gasteiger partial charge is 0.457 e. The minimum Gasteiger partial charge on any atom is -0.457 e. The number of hydrogen-bond donors (Lipinski definition) is 2. The number of benzene rings is 3. The Balaban J connectivity index is 1.26. The summed E-state index contributed by atoms with van der Waals surface area (Å²) in [7, 11) is -3.33. The molecular formula is C30H36F2N4O4S. The molecular weight excluding hydrogens is 550 g/mol. The quantitative estimate of drug-likeness (QED) is 0.283. The highest BCUT2D eigenvalue weighted by Crippen LogP contribution is 2.26. The van der Waals surface area contributed by atoms with Crippen LogP contribution in [0.25, 0.3) is 0 Å². The first-order valence-electron chi connectivity index (χ1n) is 13.7. The lowest BCUT2D eigenvalue weighted by atomic mass is 10.0. The maximum atomic E-state index is 14.4. The lowest BCUT2D eigenvalue weighted by Gasteiger charge is -2.34. The molecule has 1 aliphatic heterocycles. The number of sulfonamides is 1. The predicted octanol–water partition coefficient (Wildman–Crippen LogP) is 6.11. The number of hydrogen-bond acceptors (Lipinski definition) is 5. The van der Waals surface area contributed by atoms with Gasteiger partial charge in [0.1, 0.15) is 28.8 Å². The van der Waals surface area contributed by atoms with Gasteiger partial charge >= 0.3 is 6.03 Å². The van der Waals surface area contributed by atoms with Crippen molar-refractivity contribution in [1.82, 2.24) is 10.2 Å². The van der Waals surface area contributed by atoms with Crippen LogP contribution >= 0.6 is 0 Å². The van der Waals surface area contributed by atoms with E-state index in [2.05, 4.69) is 14.9 Å². The molecule has 0 spiro atoms. The average Bonchev–Trinajstić information content (AvgIpc) is 2.93. The molecule has 0 bridgehead atoms. The number of urea groups is 1. The van der Waals surface area contributed by atoms with Gasteiger partial charge in [-0.15, -0.1) is 0 Å². The molecule has 220 valence electrons. The van der Waals surface area contributed by atoms with E-state index in [0.29, 0.717) is 23.6 Å². The minimum absolute atomic E-state index is 0.0764. The molecule has 11 heteroatoms. The van der Waals surface area contributed by atoms with Gasteiger partial charge in [0.2, 0.25) is 10.0 Å². The highest BCUT2D eigenvalue weighted by molar-refractivity contribution is 7.92. The minimum atomic E-state index is -3.33. The molecule has 4 rings (SSSR count). The zero-order valence-corrected chi connectivity index (χ0v) is 24.1. The summed E-state index contributed by atoms with van der Waals surface area (Å²) < 4.78 is 59.8. The Morgan fingerprint density at radius 3 is 2.12 bits per heavy atom. The number of carbonyl (C=O) groups is 1. The van der Waals surface area contributed by atoms with E-state index in [1.807, 2.05) is 31.2 Å². The van der Waals surface area contributed by atoms with E-state index in [1.54, 1.807) is 24.3 Å². The van der Waals surface area contributed by atoms with Gasteiger partial charge in [0.15, 0.2) is 0 Å². The average molecular weight is 587 g/mol. The molecule has 3 aromatic carbocycles. The van der Waals surface area contributed by atoms with Gasteiger partial charge in [-0.25, -0.2) is 22.0 Å². The molecule has 1 saturated heterocycles. The fraction of sp³-hybridized carbons (Fsp3) is 0.367. The maximum absolute atomic E-state index is 14.4. The molecule has 0 aliphatic carbocycles. The molecule has 3 aromatic rings. The van der Waals surface area contributed by atoms with Crippen LogP contribution in [0.3, 0.4) is 0 Å². The third kappa shape index (κ3) is 8.89. The molecule has 1 aliphatic rings. The number of amides is 2. The first-order chi connectivity index (χ1) is 19.6. The highest BCUT2D eigenvalue weighted by Gasteiger charge is 2.26. The number of halogens is 2. The Bertz CT molecular complexity index is 1390. The molecule has 2 amide bonds. The first kappa shape index (κ1) is 30.3. The molecule has 0 atom stereocenters. The van der Waals surface area contributed by atoms with E-state index >= 15 is 0 Å². The Morgan fingerprint density at radius 1 is 0.976 bits per heavy atom. The van der Waals surface area contributed by atoms with Crippen molar-refractivity contribution in [3.8, 4) is 11.5 Å². The summed E-state index contributed by atoms with van der Waals surface area (Å²) in [6.07, 6.45) is 4.00. The number of nitrogens with one attached hydrogen (secondary N) is 2. The first-order valence-corrected chi connectivity index (χ1v) is 15.6. The Morgan fingerprint density at radius 2 is 1.56 bits per heavy atom. The summed E-state index contributed by atoms with van der Waals surface area (Å²) in [4.78, 5) is 16.5. The molecule has 0 radical (unpaired) electrons. The number of para-hydroxylation sites is 1. The van der Waals surface area contributed by atoms with Crippen molar-refractivity contribution in [3.63, 3.8) is 0 Å². The molecule has 2 N–H and O–H groups in total. The standard InChI is InChI=1S/C30H36F2N4O4S/c1-3-4-18-36(29-27(31)6-5-7-28(29)32)30(37)33-23-16-19-35(20-17-23)21-22-8-12-25(13-9-22)40-26-14-10-24(11-15-26)34-41(2,38)39/h5-15,23,34H,3-4,16-21H2,1-2H3,(H,33,37). The molecule has 1 heterocycles. The molecule has 41 heavy (non-hydrogen) atoms. The number of carbonyl (C=O) groups excluding carboxylic acids is 1. The van der Waals surface area contributed by atoms with Crippen molar-refractivity contribution < 1.29 is 26.7 Å². The van der Waals surface area contributed by atoms with Gasteiger partial charge in [-0.05, 0) is 73.4 Å². The zero-order chi connectivity index (χ0) is 29.4. The Kier molecular flexibility index (Phi) is 10.2. The van der Waals surface area contributed by atoms with Gasteiger partial charge in [-0.1, -0.05) is 31.5 Å². The van der Waals surface area contributed by atoms with Crippen LogP contribution in [0.2, 0.25) is 0 Å². The summed E-state index contributed by atoms with van der Waals surface area (Å²) in [6, 6.07) is 17.5. The van der Waals surface area contributed by atoms with Crippen molar-refractivity contribution in [2.75, 3.05) is 35.5 Å². The molecule has 1 fully saturated rings. The van der Waals surface area contributed by atoms with E-state index in [0.717, 1.165) is 50.7 Å². The van der Waals surface area contributed by atoms with Crippen molar-refractivity contribution in [2.24, 2.45) is 0 Å². The summed E-state index contributed by atoms with van der Waals surface area (Å²) in [5.74, 6) is -0.241. The Labute approximate surface area is 240 Å². The van der Waals surface area contributed by atoms with Crippen LogP contribution in [-0.2, 0) is 16.6 Å². The van der Waals surface area contributed by atoms with Gasteiger partial charge in [-0.2, -0.15) is 0 Å². The van der Waals surface area contributed by atoms with Crippen LogP contribution < -0.4 is 19.7 Å². The molecule has 8 nitrogen and oxygen atoms in total. The van der Waals surface area contributed by atoms with Crippen LogP contribution in [-0.4, -0.2) is 51.3 Å². The number of anilines is 2. The van der Waals surface area contributed by atoms with Crippen molar-refractivity contribution in [1.29, 1.82) is 0 Å². The predicted molar refractivity (Wildman–Crippen MR) is 157 cm³/mol. The van der Waals surface area contributed by atoms with Gasteiger partial charge in [-0.3, -0.25) is 14.5 Å². The topological polar surface area (TPSA) is 91.0 Å². The monoisotopic (exact) mass is 586 g/mol. The maximum Gasteiger partial charge on any atom is 0.322 e. The summed E-state index contributed by atoms with van der Waals surface area (Å²) >= 11 is 0. The summed E-state index contributed by atoms with van der Waals surface area (Å²) in [5, 5.41) is 2.99. The van der Waals surface area contributed by atoms with E-state index < -0.39 is 27.7 Å². The molecule has 0 aromatic heterocycles. The van der Waals surface area contributed by atoms with E-state index in [9.17, 15) is 22.0 Å². The smallest absolute Gasteiger partial charge is 0.322 e. The van der Waals surface area contributed by atoms with E-state index in [4.69, 9.17) is 4.74 Å². The van der Waals surface area contributed by atoms with Crippen LogP contribution in [0, 0.1) is 11.6 Å². The Hall–Kier alpha value is -3.70. The third-order valence-corrected chi connectivity index (χ3v) is 7.43. The van der Waals surface area contributed by atoms with Gasteiger partial charge in [0, 0.05) is 37.9 Å². The van der Waals surface area contributed by atoms with Crippen LogP contribution in [0.1, 0.15) is 38.2 Å². The van der Waals surface area contributed by atoms with Gasteiger partial charge in [0.25, 0.3) is 0 Å². The van der Waals surface area contributed by atoms with Crippen LogP contribution in [0.5, 0.6) is 11.5 Å². The van der Waals surface area contributed by atoms with E-state index in [-0.39, 0.29) is 18.3 Å². The van der Waals surface area contributed by atoms with Crippen molar-refractivity contribution in [3.05, 3.63) is 83.9 Å². The van der Waals surface area contributed by atoms with E-state index in [1.165, 1.54) is 23.1 Å². The summed E-state index contributed by atoms with van der Waals surface area (Å²) in [6.45, 7) is 4.51. The van der Waals surface area contributed by atoms with Gasteiger partial charge in [0.05, 0.1) is 6.26 Å². The zero-order valence-electron chi connectivity index (χ0n) is 23.3. The van der Waals surface area contributed by atoms with Crippen molar-refractivity contribution >= 4 is 27.4 Å². The second-order valence-electron chi connectivity index (χ2n) is 10.2. The van der Waals surface area contributed by atoms with Crippen molar-refractivity contribution in [2.45, 2.75) is 45.2 Å². The second kappa shape index (κ2) is 13.8. The SMILES string of the molecule is CCCCN(C(=O)NC1CCN(Cc2ccc(Oc3ccc(NS(C)(=O)=O)cc3)cc2)CC1)c1c(F)cccc1F. The van der Waals surface area contributed by atoms with Crippen LogP contribution in [0.4, 0.5) is 25.0 Å². The molecule has 0 unspecified atom stereocenters. The third-order valence-electron chi connectivity index (χ3n) is 6.83. The number of piperidine rings is 1. The lowest BCUT2D eigenvalue weighted by Crippen LogP contribution is -2.50. The van der Waals surface area contributed by atoms with Crippen LogP contribution in [0.15, 0.2) is 66.7 Å². The number of likely N-dealkylation sites (tertiary alicyclic amines) is 1. The normalized spacial score (nSPS) is 14.4. The summed E-state index contributed by atoms with van der Waals surface area (Å²) in [5.41, 5.74) is 1.28.